The highest BCUT2D eigenvalue weighted by Gasteiger charge is 2.14. The largest absolute Gasteiger partial charge is 0.299 e. The molecule has 0 aromatic heterocycles. The zero-order valence-electron chi connectivity index (χ0n) is 16.0. The van der Waals surface area contributed by atoms with Crippen LogP contribution >= 0.6 is 0 Å². The van der Waals surface area contributed by atoms with Crippen LogP contribution in [0.2, 0.25) is 0 Å². The Morgan fingerprint density at radius 3 is 2.21 bits per heavy atom. The van der Waals surface area contributed by atoms with E-state index in [2.05, 4.69) is 21.8 Å². The van der Waals surface area contributed by atoms with Crippen molar-refractivity contribution in [2.24, 2.45) is 0 Å². The van der Waals surface area contributed by atoms with Crippen molar-refractivity contribution in [2.45, 2.75) is 37.2 Å². The standard InChI is InChI=1S/C23H26N2O2S/c26-28(27,23-13-12-21-6-2-3-7-22(21)16-23)24-17-19-8-10-20(11-9-19)18-25-14-4-1-5-15-25/h2-3,6-13,16,24H,1,4-5,14-15,17-18H2. The minimum atomic E-state index is -3.54. The molecule has 1 aliphatic rings. The Kier molecular flexibility index (Phi) is 5.76. The van der Waals surface area contributed by atoms with Crippen LogP contribution in [0.4, 0.5) is 0 Å². The van der Waals surface area contributed by atoms with Crippen molar-refractivity contribution in [2.75, 3.05) is 13.1 Å². The van der Waals surface area contributed by atoms with Crippen molar-refractivity contribution in [1.82, 2.24) is 9.62 Å². The molecule has 28 heavy (non-hydrogen) atoms. The van der Waals surface area contributed by atoms with Gasteiger partial charge in [-0.25, -0.2) is 13.1 Å². The Bertz CT molecular complexity index is 1040. The van der Waals surface area contributed by atoms with E-state index < -0.39 is 10.0 Å². The molecule has 4 nitrogen and oxygen atoms in total. The van der Waals surface area contributed by atoms with E-state index in [4.69, 9.17) is 0 Å². The van der Waals surface area contributed by atoms with E-state index >= 15 is 0 Å². The van der Waals surface area contributed by atoms with E-state index in [1.807, 2.05) is 42.5 Å². The Morgan fingerprint density at radius 2 is 1.46 bits per heavy atom. The van der Waals surface area contributed by atoms with Crippen molar-refractivity contribution in [3.8, 4) is 0 Å². The van der Waals surface area contributed by atoms with Crippen LogP contribution in [-0.4, -0.2) is 26.4 Å². The molecule has 1 heterocycles. The molecule has 3 aromatic rings. The third-order valence-electron chi connectivity index (χ3n) is 5.38. The van der Waals surface area contributed by atoms with Gasteiger partial charge in [-0.05, 0) is 60.0 Å². The lowest BCUT2D eigenvalue weighted by Crippen LogP contribution is -2.29. The summed E-state index contributed by atoms with van der Waals surface area (Å²) in [7, 11) is -3.54. The van der Waals surface area contributed by atoms with Gasteiger partial charge in [0.1, 0.15) is 0 Å². The number of rotatable bonds is 6. The van der Waals surface area contributed by atoms with Crippen LogP contribution < -0.4 is 4.72 Å². The highest BCUT2D eigenvalue weighted by atomic mass is 32.2. The van der Waals surface area contributed by atoms with Crippen LogP contribution in [0.25, 0.3) is 10.8 Å². The SMILES string of the molecule is O=S(=O)(NCc1ccc(CN2CCCCC2)cc1)c1ccc2ccccc2c1. The van der Waals surface area contributed by atoms with Gasteiger partial charge < -0.3 is 0 Å². The van der Waals surface area contributed by atoms with E-state index in [1.54, 1.807) is 12.1 Å². The molecule has 4 rings (SSSR count). The van der Waals surface area contributed by atoms with Gasteiger partial charge in [0, 0.05) is 13.1 Å². The molecule has 0 atom stereocenters. The van der Waals surface area contributed by atoms with Gasteiger partial charge in [0.2, 0.25) is 10.0 Å². The molecule has 5 heteroatoms. The second-order valence-corrected chi connectivity index (χ2v) is 9.25. The number of likely N-dealkylation sites (tertiary alicyclic amines) is 1. The quantitative estimate of drug-likeness (QED) is 0.678. The maximum atomic E-state index is 12.7. The van der Waals surface area contributed by atoms with Crippen molar-refractivity contribution in [3.05, 3.63) is 77.9 Å². The fraction of sp³-hybridized carbons (Fsp3) is 0.304. The second-order valence-electron chi connectivity index (χ2n) is 7.49. The molecule has 0 saturated carbocycles. The van der Waals surface area contributed by atoms with Crippen LogP contribution in [-0.2, 0) is 23.1 Å². The highest BCUT2D eigenvalue weighted by Crippen LogP contribution is 2.19. The van der Waals surface area contributed by atoms with Crippen molar-refractivity contribution < 1.29 is 8.42 Å². The van der Waals surface area contributed by atoms with Gasteiger partial charge >= 0.3 is 0 Å². The predicted molar refractivity (Wildman–Crippen MR) is 114 cm³/mol. The van der Waals surface area contributed by atoms with Gasteiger partial charge in [0.15, 0.2) is 0 Å². The lowest BCUT2D eigenvalue weighted by molar-refractivity contribution is 0.221. The maximum Gasteiger partial charge on any atom is 0.240 e. The monoisotopic (exact) mass is 394 g/mol. The lowest BCUT2D eigenvalue weighted by Gasteiger charge is -2.26. The lowest BCUT2D eigenvalue weighted by atomic mass is 10.1. The first-order chi connectivity index (χ1) is 13.6. The van der Waals surface area contributed by atoms with Crippen molar-refractivity contribution in [3.63, 3.8) is 0 Å². The number of nitrogens with one attached hydrogen (secondary N) is 1. The maximum absolute atomic E-state index is 12.7. The van der Waals surface area contributed by atoms with E-state index in [1.165, 1.54) is 37.9 Å². The summed E-state index contributed by atoms with van der Waals surface area (Å²) in [6.45, 7) is 3.61. The van der Waals surface area contributed by atoms with Crippen LogP contribution in [0, 0.1) is 0 Å². The molecule has 1 fully saturated rings. The molecule has 146 valence electrons. The normalized spacial score (nSPS) is 15.7. The molecule has 0 unspecified atom stereocenters. The first kappa shape index (κ1) is 19.1. The van der Waals surface area contributed by atoms with E-state index in [0.717, 1.165) is 22.9 Å². The number of piperidine rings is 1. The summed E-state index contributed by atoms with van der Waals surface area (Å²) in [5.41, 5.74) is 2.25. The highest BCUT2D eigenvalue weighted by molar-refractivity contribution is 7.89. The summed E-state index contributed by atoms with van der Waals surface area (Å²) in [6.07, 6.45) is 3.91. The van der Waals surface area contributed by atoms with Gasteiger partial charge in [-0.3, -0.25) is 4.90 Å². The molecule has 1 aliphatic heterocycles. The molecule has 1 N–H and O–H groups in total. The Morgan fingerprint density at radius 1 is 0.786 bits per heavy atom. The fourth-order valence-electron chi connectivity index (χ4n) is 3.73. The first-order valence-electron chi connectivity index (χ1n) is 9.89. The van der Waals surface area contributed by atoms with E-state index in [9.17, 15) is 8.42 Å². The number of sulfonamides is 1. The summed E-state index contributed by atoms with van der Waals surface area (Å²) in [6, 6.07) is 21.2. The molecular weight excluding hydrogens is 368 g/mol. The predicted octanol–water partition coefficient (Wildman–Crippen LogP) is 4.30. The van der Waals surface area contributed by atoms with Crippen molar-refractivity contribution in [1.29, 1.82) is 0 Å². The summed E-state index contributed by atoms with van der Waals surface area (Å²) < 4.78 is 28.0. The number of fused-ring (bicyclic) bond motifs is 1. The summed E-state index contributed by atoms with van der Waals surface area (Å²) >= 11 is 0. The topological polar surface area (TPSA) is 49.4 Å². The molecule has 0 bridgehead atoms. The average molecular weight is 395 g/mol. The number of hydrogen-bond acceptors (Lipinski definition) is 3. The van der Waals surface area contributed by atoms with E-state index in [0.29, 0.717) is 11.4 Å². The minimum Gasteiger partial charge on any atom is -0.299 e. The molecule has 0 amide bonds. The van der Waals surface area contributed by atoms with Gasteiger partial charge in [-0.15, -0.1) is 0 Å². The van der Waals surface area contributed by atoms with Crippen LogP contribution in [0.5, 0.6) is 0 Å². The first-order valence-corrected chi connectivity index (χ1v) is 11.4. The second kappa shape index (κ2) is 8.43. The van der Waals surface area contributed by atoms with E-state index in [-0.39, 0.29) is 0 Å². The van der Waals surface area contributed by atoms with Gasteiger partial charge in [0.25, 0.3) is 0 Å². The molecule has 0 aliphatic carbocycles. The summed E-state index contributed by atoms with van der Waals surface area (Å²) in [5.74, 6) is 0. The third-order valence-corrected chi connectivity index (χ3v) is 6.77. The van der Waals surface area contributed by atoms with Gasteiger partial charge in [0.05, 0.1) is 4.90 Å². The molecule has 3 aromatic carbocycles. The zero-order valence-corrected chi connectivity index (χ0v) is 16.8. The Labute approximate surface area is 167 Å². The number of nitrogens with zero attached hydrogens (tertiary/aromatic N) is 1. The molecule has 1 saturated heterocycles. The Balaban J connectivity index is 1.39. The minimum absolute atomic E-state index is 0.291. The van der Waals surface area contributed by atoms with Gasteiger partial charge in [-0.1, -0.05) is 61.0 Å². The van der Waals surface area contributed by atoms with Gasteiger partial charge in [-0.2, -0.15) is 0 Å². The number of hydrogen-bond donors (Lipinski definition) is 1. The van der Waals surface area contributed by atoms with Crippen LogP contribution in [0.1, 0.15) is 30.4 Å². The Hall–Kier alpha value is -2.21. The number of benzene rings is 3. The smallest absolute Gasteiger partial charge is 0.240 e. The molecule has 0 spiro atoms. The van der Waals surface area contributed by atoms with Crippen LogP contribution in [0.3, 0.4) is 0 Å². The zero-order chi connectivity index (χ0) is 19.4. The molecule has 0 radical (unpaired) electrons. The summed E-state index contributed by atoms with van der Waals surface area (Å²) in [4.78, 5) is 2.79. The molecular formula is C23H26N2O2S. The third kappa shape index (κ3) is 4.61. The fourth-order valence-corrected chi connectivity index (χ4v) is 4.79. The summed E-state index contributed by atoms with van der Waals surface area (Å²) in [5, 5.41) is 1.96. The average Bonchev–Trinajstić information content (AvgIpc) is 2.74. The van der Waals surface area contributed by atoms with Crippen LogP contribution in [0.15, 0.2) is 71.6 Å². The van der Waals surface area contributed by atoms with Crippen molar-refractivity contribution >= 4 is 20.8 Å².